The second-order valence-corrected chi connectivity index (χ2v) is 6.03. The van der Waals surface area contributed by atoms with Crippen molar-refractivity contribution in [1.82, 2.24) is 15.2 Å². The van der Waals surface area contributed by atoms with Gasteiger partial charge in [0.05, 0.1) is 11.8 Å². The predicted molar refractivity (Wildman–Crippen MR) is 86.4 cm³/mol. The van der Waals surface area contributed by atoms with Crippen LogP contribution in [-0.2, 0) is 6.54 Å². The molecule has 1 aliphatic heterocycles. The number of nitrogens with one attached hydrogen (secondary N) is 1. The van der Waals surface area contributed by atoms with Crippen molar-refractivity contribution in [1.29, 1.82) is 0 Å². The summed E-state index contributed by atoms with van der Waals surface area (Å²) in [4.78, 5) is 18.2. The van der Waals surface area contributed by atoms with E-state index in [-0.39, 0.29) is 17.5 Å². The zero-order chi connectivity index (χ0) is 16.2. The number of aromatic nitrogens is 1. The van der Waals surface area contributed by atoms with Crippen LogP contribution in [0.1, 0.15) is 29.3 Å². The number of amides is 1. The molecule has 1 N–H and O–H groups in total. The summed E-state index contributed by atoms with van der Waals surface area (Å²) in [6.07, 6.45) is 3.36. The van der Waals surface area contributed by atoms with Crippen LogP contribution in [0.5, 0.6) is 0 Å². The lowest BCUT2D eigenvalue weighted by Gasteiger charge is -2.20. The fraction of sp³-hybridized carbons (Fsp3) is 0.333. The SMILES string of the molecule is C[C@@H]1C[C@@H](NC(=O)c2ccncc2F)CN1Cc1ccccc1. The van der Waals surface area contributed by atoms with Crippen LogP contribution in [0, 0.1) is 5.82 Å². The molecule has 5 heteroatoms. The van der Waals surface area contributed by atoms with Crippen molar-refractivity contribution in [3.05, 3.63) is 65.7 Å². The van der Waals surface area contributed by atoms with Crippen LogP contribution < -0.4 is 5.32 Å². The van der Waals surface area contributed by atoms with Crippen LogP contribution >= 0.6 is 0 Å². The Morgan fingerprint density at radius 3 is 2.87 bits per heavy atom. The molecular weight excluding hydrogens is 293 g/mol. The number of halogens is 1. The molecule has 0 saturated carbocycles. The molecule has 2 aromatic rings. The lowest BCUT2D eigenvalue weighted by molar-refractivity contribution is 0.0933. The normalized spacial score (nSPS) is 21.3. The molecule has 0 unspecified atom stereocenters. The number of carbonyl (C=O) groups is 1. The zero-order valence-electron chi connectivity index (χ0n) is 13.1. The van der Waals surface area contributed by atoms with Gasteiger partial charge >= 0.3 is 0 Å². The molecular formula is C18H20FN3O. The van der Waals surface area contributed by atoms with Crippen molar-refractivity contribution in [2.75, 3.05) is 6.54 Å². The van der Waals surface area contributed by atoms with Gasteiger partial charge in [0.15, 0.2) is 5.82 Å². The standard InChI is InChI=1S/C18H20FN3O/c1-13-9-15(12-22(13)11-14-5-3-2-4-6-14)21-18(23)16-7-8-20-10-17(16)19/h2-8,10,13,15H,9,11-12H2,1H3,(H,21,23)/t13-,15-/m1/s1. The van der Waals surface area contributed by atoms with E-state index in [0.29, 0.717) is 6.04 Å². The van der Waals surface area contributed by atoms with Gasteiger partial charge in [0.2, 0.25) is 0 Å². The topological polar surface area (TPSA) is 45.2 Å². The van der Waals surface area contributed by atoms with Gasteiger partial charge < -0.3 is 5.32 Å². The molecule has 3 rings (SSSR count). The zero-order valence-corrected chi connectivity index (χ0v) is 13.1. The van der Waals surface area contributed by atoms with Crippen molar-refractivity contribution in [3.63, 3.8) is 0 Å². The second-order valence-electron chi connectivity index (χ2n) is 6.03. The summed E-state index contributed by atoms with van der Waals surface area (Å²) in [6.45, 7) is 3.79. The molecule has 1 aromatic heterocycles. The Kier molecular flexibility index (Phi) is 4.67. The highest BCUT2D eigenvalue weighted by molar-refractivity contribution is 5.94. The molecule has 4 nitrogen and oxygen atoms in total. The summed E-state index contributed by atoms with van der Waals surface area (Å²) in [5.41, 5.74) is 1.31. The lowest BCUT2D eigenvalue weighted by Crippen LogP contribution is -2.37. The van der Waals surface area contributed by atoms with Gasteiger partial charge in [-0.3, -0.25) is 14.7 Å². The highest BCUT2D eigenvalue weighted by atomic mass is 19.1. The second kappa shape index (κ2) is 6.87. The van der Waals surface area contributed by atoms with E-state index in [4.69, 9.17) is 0 Å². The van der Waals surface area contributed by atoms with E-state index in [2.05, 4.69) is 34.3 Å². The Labute approximate surface area is 135 Å². The van der Waals surface area contributed by atoms with E-state index < -0.39 is 5.82 Å². The van der Waals surface area contributed by atoms with Crippen molar-refractivity contribution >= 4 is 5.91 Å². The summed E-state index contributed by atoms with van der Waals surface area (Å²) in [5.74, 6) is -0.958. The van der Waals surface area contributed by atoms with Crippen LogP contribution in [0.15, 0.2) is 48.8 Å². The Hall–Kier alpha value is -2.27. The first-order valence-electron chi connectivity index (χ1n) is 7.82. The molecule has 1 amide bonds. The Morgan fingerprint density at radius 1 is 1.35 bits per heavy atom. The van der Waals surface area contributed by atoms with Gasteiger partial charge in [-0.2, -0.15) is 0 Å². The molecule has 2 atom stereocenters. The van der Waals surface area contributed by atoms with Crippen LogP contribution in [0.2, 0.25) is 0 Å². The first kappa shape index (κ1) is 15.6. The van der Waals surface area contributed by atoms with Gasteiger partial charge in [0.25, 0.3) is 5.91 Å². The fourth-order valence-corrected chi connectivity index (χ4v) is 3.06. The minimum atomic E-state index is -0.586. The summed E-state index contributed by atoms with van der Waals surface area (Å²) in [5, 5.41) is 2.93. The molecule has 1 fully saturated rings. The van der Waals surface area contributed by atoms with Crippen molar-refractivity contribution < 1.29 is 9.18 Å². The number of hydrogen-bond acceptors (Lipinski definition) is 3. The fourth-order valence-electron chi connectivity index (χ4n) is 3.06. The molecule has 23 heavy (non-hydrogen) atoms. The maximum Gasteiger partial charge on any atom is 0.254 e. The first-order chi connectivity index (χ1) is 11.1. The van der Waals surface area contributed by atoms with Gasteiger partial charge in [-0.25, -0.2) is 4.39 Å². The minimum Gasteiger partial charge on any atom is -0.348 e. The quantitative estimate of drug-likeness (QED) is 0.944. The van der Waals surface area contributed by atoms with E-state index in [1.807, 2.05) is 18.2 Å². The average molecular weight is 313 g/mol. The molecule has 1 aromatic carbocycles. The summed E-state index contributed by atoms with van der Waals surface area (Å²) in [6, 6.07) is 12.1. The van der Waals surface area contributed by atoms with Crippen molar-refractivity contribution in [2.24, 2.45) is 0 Å². The number of hydrogen-bond donors (Lipinski definition) is 1. The highest BCUT2D eigenvalue weighted by Crippen LogP contribution is 2.20. The molecule has 2 heterocycles. The smallest absolute Gasteiger partial charge is 0.254 e. The first-order valence-corrected chi connectivity index (χ1v) is 7.82. The molecule has 120 valence electrons. The van der Waals surface area contributed by atoms with E-state index in [0.717, 1.165) is 25.7 Å². The number of benzene rings is 1. The van der Waals surface area contributed by atoms with Crippen LogP contribution in [0.4, 0.5) is 4.39 Å². The highest BCUT2D eigenvalue weighted by Gasteiger charge is 2.30. The largest absolute Gasteiger partial charge is 0.348 e. The van der Waals surface area contributed by atoms with Gasteiger partial charge in [-0.1, -0.05) is 30.3 Å². The number of pyridine rings is 1. The number of nitrogens with zero attached hydrogens (tertiary/aromatic N) is 2. The van der Waals surface area contributed by atoms with E-state index in [1.54, 1.807) is 0 Å². The van der Waals surface area contributed by atoms with Crippen molar-refractivity contribution in [3.8, 4) is 0 Å². The van der Waals surface area contributed by atoms with Gasteiger partial charge in [0.1, 0.15) is 0 Å². The average Bonchev–Trinajstić information content (AvgIpc) is 2.88. The number of likely N-dealkylation sites (tertiary alicyclic amines) is 1. The van der Waals surface area contributed by atoms with Gasteiger partial charge in [-0.15, -0.1) is 0 Å². The van der Waals surface area contributed by atoms with Gasteiger partial charge in [-0.05, 0) is 25.0 Å². The maximum absolute atomic E-state index is 13.6. The molecule has 0 radical (unpaired) electrons. The third-order valence-corrected chi connectivity index (χ3v) is 4.28. The molecule has 0 spiro atoms. The summed E-state index contributed by atoms with van der Waals surface area (Å²) in [7, 11) is 0. The Balaban J connectivity index is 1.60. The summed E-state index contributed by atoms with van der Waals surface area (Å²) >= 11 is 0. The van der Waals surface area contributed by atoms with E-state index in [1.165, 1.54) is 17.8 Å². The monoisotopic (exact) mass is 313 g/mol. The number of carbonyl (C=O) groups excluding carboxylic acids is 1. The molecule has 1 saturated heterocycles. The van der Waals surface area contributed by atoms with Crippen LogP contribution in [0.3, 0.4) is 0 Å². The Morgan fingerprint density at radius 2 is 2.13 bits per heavy atom. The Bertz CT molecular complexity index is 677. The molecule has 0 bridgehead atoms. The molecule has 1 aliphatic rings. The van der Waals surface area contributed by atoms with Crippen LogP contribution in [0.25, 0.3) is 0 Å². The predicted octanol–water partition coefficient (Wildman–Crippen LogP) is 2.61. The number of rotatable bonds is 4. The third-order valence-electron chi connectivity index (χ3n) is 4.28. The van der Waals surface area contributed by atoms with E-state index >= 15 is 0 Å². The van der Waals surface area contributed by atoms with Crippen LogP contribution in [-0.4, -0.2) is 34.4 Å². The maximum atomic E-state index is 13.6. The third kappa shape index (κ3) is 3.74. The van der Waals surface area contributed by atoms with E-state index in [9.17, 15) is 9.18 Å². The van der Waals surface area contributed by atoms with Gasteiger partial charge in [0, 0.05) is 31.4 Å². The minimum absolute atomic E-state index is 0.0359. The lowest BCUT2D eigenvalue weighted by atomic mass is 10.1. The summed E-state index contributed by atoms with van der Waals surface area (Å²) < 4.78 is 13.6. The van der Waals surface area contributed by atoms with Crippen molar-refractivity contribution in [2.45, 2.75) is 32.0 Å². The molecule has 0 aliphatic carbocycles.